The summed E-state index contributed by atoms with van der Waals surface area (Å²) in [5, 5.41) is 18.6. The zero-order valence-electron chi connectivity index (χ0n) is 8.63. The number of carbonyl (C=O) groups excluding carboxylic acids is 1. The Balaban J connectivity index is 1.81. The summed E-state index contributed by atoms with van der Waals surface area (Å²) in [6.45, 7) is 1.22. The number of rotatable bonds is 2. The largest absolute Gasteiger partial charge is 0.388 e. The number of hydrogen-bond acceptors (Lipinski definition) is 4. The van der Waals surface area contributed by atoms with Crippen LogP contribution in [0.4, 0.5) is 0 Å². The molecule has 0 bridgehead atoms. The van der Waals surface area contributed by atoms with Crippen LogP contribution in [0.25, 0.3) is 0 Å². The van der Waals surface area contributed by atoms with Crippen LogP contribution in [0.5, 0.6) is 0 Å². The highest BCUT2D eigenvalue weighted by Gasteiger charge is 2.33. The summed E-state index contributed by atoms with van der Waals surface area (Å²) in [6, 6.07) is 0. The molecule has 0 spiro atoms. The molecule has 2 saturated heterocycles. The quantitative estimate of drug-likeness (QED) is 0.627. The molecule has 0 aromatic heterocycles. The lowest BCUT2D eigenvalue weighted by Crippen LogP contribution is -2.32. The number of nitrogens with zero attached hydrogens (tertiary/aromatic N) is 1. The van der Waals surface area contributed by atoms with Gasteiger partial charge >= 0.3 is 0 Å². The van der Waals surface area contributed by atoms with Gasteiger partial charge < -0.3 is 19.8 Å². The first kappa shape index (κ1) is 10.9. The molecule has 2 fully saturated rings. The van der Waals surface area contributed by atoms with Crippen LogP contribution in [-0.4, -0.2) is 59.0 Å². The van der Waals surface area contributed by atoms with Crippen molar-refractivity contribution in [1.29, 1.82) is 0 Å². The van der Waals surface area contributed by atoms with E-state index in [1.807, 2.05) is 0 Å². The molecule has 2 rings (SSSR count). The van der Waals surface area contributed by atoms with Gasteiger partial charge in [0.25, 0.3) is 0 Å². The molecule has 5 heteroatoms. The number of hydrogen-bond donors (Lipinski definition) is 2. The summed E-state index contributed by atoms with van der Waals surface area (Å²) in [7, 11) is 0. The second kappa shape index (κ2) is 4.47. The topological polar surface area (TPSA) is 70.0 Å². The molecule has 3 unspecified atom stereocenters. The minimum atomic E-state index is -0.793. The Morgan fingerprint density at radius 2 is 2.00 bits per heavy atom. The van der Waals surface area contributed by atoms with Gasteiger partial charge in [0.1, 0.15) is 0 Å². The van der Waals surface area contributed by atoms with Crippen molar-refractivity contribution in [3.05, 3.63) is 0 Å². The van der Waals surface area contributed by atoms with E-state index in [0.29, 0.717) is 6.42 Å². The van der Waals surface area contributed by atoms with Crippen molar-refractivity contribution in [2.24, 2.45) is 0 Å². The molecule has 0 aliphatic carbocycles. The van der Waals surface area contributed by atoms with Crippen molar-refractivity contribution in [3.63, 3.8) is 0 Å². The van der Waals surface area contributed by atoms with Crippen molar-refractivity contribution < 1.29 is 19.7 Å². The molecule has 2 aliphatic rings. The Morgan fingerprint density at radius 3 is 2.53 bits per heavy atom. The van der Waals surface area contributed by atoms with Crippen LogP contribution in [0.3, 0.4) is 0 Å². The van der Waals surface area contributed by atoms with Gasteiger partial charge in [-0.15, -0.1) is 0 Å². The number of carbonyl (C=O) groups is 1. The first-order valence-corrected chi connectivity index (χ1v) is 5.42. The van der Waals surface area contributed by atoms with Crippen molar-refractivity contribution in [3.8, 4) is 0 Å². The molecule has 2 aliphatic heterocycles. The van der Waals surface area contributed by atoms with Crippen molar-refractivity contribution >= 4 is 5.91 Å². The van der Waals surface area contributed by atoms with Crippen LogP contribution in [-0.2, 0) is 9.53 Å². The van der Waals surface area contributed by atoms with Crippen LogP contribution >= 0.6 is 0 Å². The Kier molecular flexibility index (Phi) is 3.23. The van der Waals surface area contributed by atoms with Crippen molar-refractivity contribution in [1.82, 2.24) is 4.90 Å². The number of ether oxygens (including phenoxy) is 1. The molecule has 15 heavy (non-hydrogen) atoms. The van der Waals surface area contributed by atoms with E-state index in [-0.39, 0.29) is 25.1 Å². The molecule has 0 saturated carbocycles. The van der Waals surface area contributed by atoms with Gasteiger partial charge in [-0.2, -0.15) is 0 Å². The van der Waals surface area contributed by atoms with Gasteiger partial charge in [0, 0.05) is 19.7 Å². The standard InChI is InChI=1S/C10H17NO4/c12-8-5-11(6-9(8)13)10(14)4-7-2-1-3-15-7/h7-9,12-13H,1-6H2. The van der Waals surface area contributed by atoms with E-state index in [0.717, 1.165) is 19.4 Å². The Labute approximate surface area is 88.6 Å². The van der Waals surface area contributed by atoms with E-state index in [1.165, 1.54) is 4.90 Å². The molecule has 2 N–H and O–H groups in total. The van der Waals surface area contributed by atoms with Gasteiger partial charge in [-0.05, 0) is 12.8 Å². The first-order chi connectivity index (χ1) is 7.16. The smallest absolute Gasteiger partial charge is 0.225 e. The number of aliphatic hydroxyl groups excluding tert-OH is 2. The average Bonchev–Trinajstić information content (AvgIpc) is 2.78. The van der Waals surface area contributed by atoms with Gasteiger partial charge in [0.05, 0.1) is 24.7 Å². The van der Waals surface area contributed by atoms with Gasteiger partial charge in [-0.25, -0.2) is 0 Å². The van der Waals surface area contributed by atoms with Crippen LogP contribution in [0, 0.1) is 0 Å². The van der Waals surface area contributed by atoms with E-state index < -0.39 is 12.2 Å². The predicted octanol–water partition coefficient (Wildman–Crippen LogP) is -0.881. The lowest BCUT2D eigenvalue weighted by Gasteiger charge is -2.17. The fourth-order valence-electron chi connectivity index (χ4n) is 2.10. The Hall–Kier alpha value is -0.650. The maximum absolute atomic E-state index is 11.7. The van der Waals surface area contributed by atoms with Gasteiger partial charge in [-0.3, -0.25) is 4.79 Å². The monoisotopic (exact) mass is 215 g/mol. The minimum Gasteiger partial charge on any atom is -0.388 e. The second-order valence-corrected chi connectivity index (χ2v) is 4.27. The highest BCUT2D eigenvalue weighted by Crippen LogP contribution is 2.18. The lowest BCUT2D eigenvalue weighted by atomic mass is 10.1. The summed E-state index contributed by atoms with van der Waals surface area (Å²) in [5.74, 6) is -0.0301. The average molecular weight is 215 g/mol. The van der Waals surface area contributed by atoms with E-state index >= 15 is 0 Å². The first-order valence-electron chi connectivity index (χ1n) is 5.42. The number of β-amino-alcohol motifs (C(OH)–C–C–N with tert-alkyl or cyclic N) is 2. The van der Waals surface area contributed by atoms with E-state index in [2.05, 4.69) is 0 Å². The molecule has 5 nitrogen and oxygen atoms in total. The fourth-order valence-corrected chi connectivity index (χ4v) is 2.10. The number of likely N-dealkylation sites (tertiary alicyclic amines) is 1. The molecule has 0 aromatic rings. The summed E-state index contributed by atoms with van der Waals surface area (Å²) in [6.07, 6.45) is 0.775. The summed E-state index contributed by atoms with van der Waals surface area (Å²) in [5.41, 5.74) is 0. The summed E-state index contributed by atoms with van der Waals surface area (Å²) < 4.78 is 5.36. The molecular weight excluding hydrogens is 198 g/mol. The maximum atomic E-state index is 11.7. The molecule has 3 atom stereocenters. The fraction of sp³-hybridized carbons (Fsp3) is 0.900. The number of amides is 1. The lowest BCUT2D eigenvalue weighted by molar-refractivity contribution is -0.133. The van der Waals surface area contributed by atoms with Crippen molar-refractivity contribution in [2.75, 3.05) is 19.7 Å². The predicted molar refractivity (Wildman–Crippen MR) is 52.2 cm³/mol. The molecule has 2 heterocycles. The summed E-state index contributed by atoms with van der Waals surface area (Å²) in [4.78, 5) is 13.2. The van der Waals surface area contributed by atoms with E-state index in [1.54, 1.807) is 0 Å². The molecule has 0 aromatic carbocycles. The van der Waals surface area contributed by atoms with E-state index in [9.17, 15) is 15.0 Å². The molecule has 86 valence electrons. The SMILES string of the molecule is O=C(CC1CCCO1)N1CC(O)C(O)C1. The minimum absolute atomic E-state index is 0.0301. The Morgan fingerprint density at radius 1 is 1.33 bits per heavy atom. The van der Waals surface area contributed by atoms with E-state index in [4.69, 9.17) is 4.74 Å². The third-order valence-corrected chi connectivity index (χ3v) is 3.04. The Bertz CT molecular complexity index is 230. The third kappa shape index (κ3) is 2.48. The zero-order chi connectivity index (χ0) is 10.8. The van der Waals surface area contributed by atoms with Gasteiger partial charge in [0.2, 0.25) is 5.91 Å². The molecular formula is C10H17NO4. The van der Waals surface area contributed by atoms with Crippen LogP contribution in [0.2, 0.25) is 0 Å². The van der Waals surface area contributed by atoms with Crippen LogP contribution < -0.4 is 0 Å². The molecule has 1 amide bonds. The van der Waals surface area contributed by atoms with Crippen LogP contribution in [0.1, 0.15) is 19.3 Å². The highest BCUT2D eigenvalue weighted by molar-refractivity contribution is 5.77. The van der Waals surface area contributed by atoms with Gasteiger partial charge in [-0.1, -0.05) is 0 Å². The van der Waals surface area contributed by atoms with Crippen LogP contribution in [0.15, 0.2) is 0 Å². The second-order valence-electron chi connectivity index (χ2n) is 4.27. The van der Waals surface area contributed by atoms with Crippen molar-refractivity contribution in [2.45, 2.75) is 37.6 Å². The maximum Gasteiger partial charge on any atom is 0.225 e. The van der Waals surface area contributed by atoms with Gasteiger partial charge in [0.15, 0.2) is 0 Å². The third-order valence-electron chi connectivity index (χ3n) is 3.04. The summed E-state index contributed by atoms with van der Waals surface area (Å²) >= 11 is 0. The molecule has 0 radical (unpaired) electrons. The number of aliphatic hydroxyl groups is 2. The highest BCUT2D eigenvalue weighted by atomic mass is 16.5. The normalized spacial score (nSPS) is 36.1. The zero-order valence-corrected chi connectivity index (χ0v) is 8.63.